The number of aliphatic hydroxyl groups is 1. The Bertz CT molecular complexity index is 417. The van der Waals surface area contributed by atoms with E-state index in [2.05, 4.69) is 12.1 Å². The molecule has 1 aliphatic rings. The van der Waals surface area contributed by atoms with E-state index in [1.165, 1.54) is 11.1 Å². The normalized spacial score (nSPS) is 17.4. The molecule has 2 rings (SSSR count). The molecule has 0 fully saturated rings. The van der Waals surface area contributed by atoms with E-state index in [9.17, 15) is 5.11 Å². The highest BCUT2D eigenvalue weighted by molar-refractivity contribution is 5.39. The molecule has 0 bridgehead atoms. The zero-order valence-electron chi connectivity index (χ0n) is 11.3. The maximum atomic E-state index is 10.4. The third-order valence-electron chi connectivity index (χ3n) is 4.03. The average molecular weight is 249 g/mol. The molecule has 3 N–H and O–H groups in total. The Labute approximate surface area is 109 Å². The molecule has 0 aliphatic carbocycles. The summed E-state index contributed by atoms with van der Waals surface area (Å²) in [6.45, 7) is 5.14. The Morgan fingerprint density at radius 3 is 2.89 bits per heavy atom. The van der Waals surface area contributed by atoms with Gasteiger partial charge in [0.15, 0.2) is 0 Å². The summed E-state index contributed by atoms with van der Waals surface area (Å²) in [4.78, 5) is 0. The first-order valence-electron chi connectivity index (χ1n) is 6.72. The van der Waals surface area contributed by atoms with E-state index in [1.807, 2.05) is 19.9 Å². The Morgan fingerprint density at radius 1 is 1.44 bits per heavy atom. The first-order chi connectivity index (χ1) is 8.55. The first-order valence-corrected chi connectivity index (χ1v) is 6.72. The predicted molar refractivity (Wildman–Crippen MR) is 72.8 cm³/mol. The van der Waals surface area contributed by atoms with Crippen molar-refractivity contribution in [1.82, 2.24) is 0 Å². The number of ether oxygens (including phenoxy) is 1. The topological polar surface area (TPSA) is 55.5 Å². The fourth-order valence-electron chi connectivity index (χ4n) is 2.38. The van der Waals surface area contributed by atoms with E-state index in [1.54, 1.807) is 0 Å². The van der Waals surface area contributed by atoms with Crippen LogP contribution in [-0.4, -0.2) is 23.9 Å². The monoisotopic (exact) mass is 249 g/mol. The largest absolute Gasteiger partial charge is 0.493 e. The second-order valence-corrected chi connectivity index (χ2v) is 5.50. The summed E-state index contributed by atoms with van der Waals surface area (Å²) in [5.74, 6) is 1.19. The standard InChI is InChI=1S/C15H23NO2/c1-11(2)15(17,10-16)7-5-12-3-4-14-13(9-12)6-8-18-14/h3-4,9,11,17H,5-8,10,16H2,1-2H3. The first kappa shape index (κ1) is 13.4. The molecule has 18 heavy (non-hydrogen) atoms. The van der Waals surface area contributed by atoms with Crippen molar-refractivity contribution in [2.45, 2.75) is 38.7 Å². The third kappa shape index (κ3) is 2.68. The van der Waals surface area contributed by atoms with Gasteiger partial charge in [0, 0.05) is 13.0 Å². The van der Waals surface area contributed by atoms with Crippen LogP contribution in [-0.2, 0) is 12.8 Å². The SMILES string of the molecule is CC(C)C(O)(CN)CCc1ccc2c(c1)CCO2. The number of hydrogen-bond acceptors (Lipinski definition) is 3. The fraction of sp³-hybridized carbons (Fsp3) is 0.600. The molecular weight excluding hydrogens is 226 g/mol. The molecule has 0 spiro atoms. The van der Waals surface area contributed by atoms with Crippen LogP contribution in [0.15, 0.2) is 18.2 Å². The van der Waals surface area contributed by atoms with E-state index in [0.717, 1.165) is 25.2 Å². The molecule has 1 aliphatic heterocycles. The van der Waals surface area contributed by atoms with E-state index < -0.39 is 5.60 Å². The number of hydrogen-bond donors (Lipinski definition) is 2. The smallest absolute Gasteiger partial charge is 0.122 e. The van der Waals surface area contributed by atoms with Gasteiger partial charge in [0.05, 0.1) is 12.2 Å². The van der Waals surface area contributed by atoms with Crippen LogP contribution in [0.25, 0.3) is 0 Å². The highest BCUT2D eigenvalue weighted by atomic mass is 16.5. The summed E-state index contributed by atoms with van der Waals surface area (Å²) in [5.41, 5.74) is 7.48. The minimum absolute atomic E-state index is 0.181. The van der Waals surface area contributed by atoms with Crippen molar-refractivity contribution in [2.24, 2.45) is 11.7 Å². The summed E-state index contributed by atoms with van der Waals surface area (Å²) < 4.78 is 5.49. The molecule has 1 unspecified atom stereocenters. The summed E-state index contributed by atoms with van der Waals surface area (Å²) in [6, 6.07) is 6.32. The van der Waals surface area contributed by atoms with Crippen LogP contribution in [0.5, 0.6) is 5.75 Å². The van der Waals surface area contributed by atoms with Gasteiger partial charge in [0.2, 0.25) is 0 Å². The lowest BCUT2D eigenvalue weighted by atomic mass is 9.84. The van der Waals surface area contributed by atoms with Gasteiger partial charge < -0.3 is 15.6 Å². The van der Waals surface area contributed by atoms with Crippen LogP contribution >= 0.6 is 0 Å². The zero-order valence-corrected chi connectivity index (χ0v) is 11.3. The van der Waals surface area contributed by atoms with Crippen molar-refractivity contribution >= 4 is 0 Å². The molecule has 0 radical (unpaired) electrons. The molecule has 1 aromatic rings. The van der Waals surface area contributed by atoms with Crippen LogP contribution in [0.3, 0.4) is 0 Å². The van der Waals surface area contributed by atoms with Crippen LogP contribution in [0.2, 0.25) is 0 Å². The second kappa shape index (κ2) is 5.29. The molecule has 1 atom stereocenters. The number of rotatable bonds is 5. The van der Waals surface area contributed by atoms with Crippen LogP contribution in [0.4, 0.5) is 0 Å². The maximum absolute atomic E-state index is 10.4. The maximum Gasteiger partial charge on any atom is 0.122 e. The molecule has 100 valence electrons. The number of fused-ring (bicyclic) bond motifs is 1. The van der Waals surface area contributed by atoms with Crippen molar-refractivity contribution in [3.63, 3.8) is 0 Å². The quantitative estimate of drug-likeness (QED) is 0.838. The van der Waals surface area contributed by atoms with Gasteiger partial charge in [-0.15, -0.1) is 0 Å². The molecule has 1 heterocycles. The summed E-state index contributed by atoms with van der Waals surface area (Å²) in [5, 5.41) is 10.4. The summed E-state index contributed by atoms with van der Waals surface area (Å²) in [7, 11) is 0. The Morgan fingerprint density at radius 2 is 2.22 bits per heavy atom. The van der Waals surface area contributed by atoms with Crippen molar-refractivity contribution in [1.29, 1.82) is 0 Å². The minimum atomic E-state index is -0.754. The molecule has 1 aromatic carbocycles. The van der Waals surface area contributed by atoms with Gasteiger partial charge in [-0.25, -0.2) is 0 Å². The molecule has 0 amide bonds. The number of nitrogens with two attached hydrogens (primary N) is 1. The number of aryl methyl sites for hydroxylation is 1. The lowest BCUT2D eigenvalue weighted by molar-refractivity contribution is -0.00398. The van der Waals surface area contributed by atoms with Crippen molar-refractivity contribution in [2.75, 3.05) is 13.2 Å². The Balaban J connectivity index is 2.02. The van der Waals surface area contributed by atoms with Gasteiger partial charge in [0.25, 0.3) is 0 Å². The highest BCUT2D eigenvalue weighted by Gasteiger charge is 2.28. The lowest BCUT2D eigenvalue weighted by Crippen LogP contribution is -2.43. The lowest BCUT2D eigenvalue weighted by Gasteiger charge is -2.30. The van der Waals surface area contributed by atoms with Gasteiger partial charge in [-0.05, 0) is 36.0 Å². The molecule has 0 aromatic heterocycles. The minimum Gasteiger partial charge on any atom is -0.493 e. The highest BCUT2D eigenvalue weighted by Crippen LogP contribution is 2.28. The van der Waals surface area contributed by atoms with E-state index >= 15 is 0 Å². The van der Waals surface area contributed by atoms with E-state index in [0.29, 0.717) is 13.0 Å². The van der Waals surface area contributed by atoms with Gasteiger partial charge in [-0.3, -0.25) is 0 Å². The van der Waals surface area contributed by atoms with E-state index in [-0.39, 0.29) is 5.92 Å². The van der Waals surface area contributed by atoms with Crippen LogP contribution in [0, 0.1) is 5.92 Å². The Kier molecular flexibility index (Phi) is 3.93. The van der Waals surface area contributed by atoms with Crippen molar-refractivity contribution in [3.8, 4) is 5.75 Å². The van der Waals surface area contributed by atoms with Gasteiger partial charge >= 0.3 is 0 Å². The fourth-order valence-corrected chi connectivity index (χ4v) is 2.38. The molecule has 0 saturated carbocycles. The predicted octanol–water partition coefficient (Wildman–Crippen LogP) is 1.90. The Hall–Kier alpha value is -1.06. The second-order valence-electron chi connectivity index (χ2n) is 5.50. The molecule has 3 nitrogen and oxygen atoms in total. The number of benzene rings is 1. The van der Waals surface area contributed by atoms with Gasteiger partial charge in [-0.1, -0.05) is 26.0 Å². The third-order valence-corrected chi connectivity index (χ3v) is 4.03. The average Bonchev–Trinajstić information content (AvgIpc) is 2.82. The summed E-state index contributed by atoms with van der Waals surface area (Å²) >= 11 is 0. The van der Waals surface area contributed by atoms with Crippen LogP contribution in [0.1, 0.15) is 31.4 Å². The van der Waals surface area contributed by atoms with E-state index in [4.69, 9.17) is 10.5 Å². The molecular formula is C15H23NO2. The van der Waals surface area contributed by atoms with Gasteiger partial charge in [-0.2, -0.15) is 0 Å². The van der Waals surface area contributed by atoms with Crippen LogP contribution < -0.4 is 10.5 Å². The van der Waals surface area contributed by atoms with Crippen molar-refractivity contribution in [3.05, 3.63) is 29.3 Å². The van der Waals surface area contributed by atoms with Crippen molar-refractivity contribution < 1.29 is 9.84 Å². The van der Waals surface area contributed by atoms with Gasteiger partial charge in [0.1, 0.15) is 5.75 Å². The summed E-state index contributed by atoms with van der Waals surface area (Å²) in [6.07, 6.45) is 2.56. The zero-order chi connectivity index (χ0) is 13.2. The molecule has 3 heteroatoms. The molecule has 0 saturated heterocycles.